The molecule has 0 aliphatic heterocycles. The average Bonchev–Trinajstić information content (AvgIpc) is 2.25. The Morgan fingerprint density at radius 3 is 2.61 bits per heavy atom. The number of anilines is 1. The van der Waals surface area contributed by atoms with Gasteiger partial charge in [0, 0.05) is 9.26 Å². The lowest BCUT2D eigenvalue weighted by Gasteiger charge is -2.09. The molecule has 1 aromatic rings. The first-order chi connectivity index (χ1) is 8.38. The SMILES string of the molecule is CC(C)OCC(=O)Nc1cc(I)cc(C(=O)O)c1. The van der Waals surface area contributed by atoms with Crippen molar-refractivity contribution in [1.29, 1.82) is 0 Å². The lowest BCUT2D eigenvalue weighted by Crippen LogP contribution is -2.20. The first-order valence-corrected chi connectivity index (χ1v) is 6.41. The molecule has 6 heteroatoms. The zero-order valence-corrected chi connectivity index (χ0v) is 12.2. The molecule has 0 saturated carbocycles. The molecule has 2 N–H and O–H groups in total. The lowest BCUT2D eigenvalue weighted by atomic mass is 10.2. The van der Waals surface area contributed by atoms with E-state index in [1.807, 2.05) is 36.4 Å². The molecule has 5 nitrogen and oxygen atoms in total. The summed E-state index contributed by atoms with van der Waals surface area (Å²) in [4.78, 5) is 22.4. The quantitative estimate of drug-likeness (QED) is 0.788. The van der Waals surface area contributed by atoms with Crippen molar-refractivity contribution in [3.8, 4) is 0 Å². The number of carbonyl (C=O) groups is 2. The van der Waals surface area contributed by atoms with Crippen molar-refractivity contribution in [1.82, 2.24) is 0 Å². The van der Waals surface area contributed by atoms with Crippen LogP contribution in [0.3, 0.4) is 0 Å². The van der Waals surface area contributed by atoms with E-state index < -0.39 is 5.97 Å². The highest BCUT2D eigenvalue weighted by atomic mass is 127. The Kier molecular flexibility index (Phi) is 5.54. The minimum Gasteiger partial charge on any atom is -0.478 e. The van der Waals surface area contributed by atoms with Gasteiger partial charge in [0.15, 0.2) is 0 Å². The summed E-state index contributed by atoms with van der Waals surface area (Å²) >= 11 is 2.00. The fraction of sp³-hybridized carbons (Fsp3) is 0.333. The van der Waals surface area contributed by atoms with Gasteiger partial charge in [-0.25, -0.2) is 4.79 Å². The maximum Gasteiger partial charge on any atom is 0.335 e. The number of carboxylic acids is 1. The number of halogens is 1. The molecule has 0 radical (unpaired) electrons. The molecule has 0 bridgehead atoms. The van der Waals surface area contributed by atoms with E-state index >= 15 is 0 Å². The minimum absolute atomic E-state index is 0.0266. The minimum atomic E-state index is -1.03. The van der Waals surface area contributed by atoms with Gasteiger partial charge in [-0.2, -0.15) is 0 Å². The summed E-state index contributed by atoms with van der Waals surface area (Å²) in [6, 6.07) is 4.64. The van der Waals surface area contributed by atoms with Crippen molar-refractivity contribution in [2.45, 2.75) is 20.0 Å². The largest absolute Gasteiger partial charge is 0.478 e. The van der Waals surface area contributed by atoms with Gasteiger partial charge in [0.2, 0.25) is 5.91 Å². The maximum atomic E-state index is 11.5. The second-order valence-electron chi connectivity index (χ2n) is 3.94. The molecular formula is C12H14INO4. The van der Waals surface area contributed by atoms with Gasteiger partial charge in [0.05, 0.1) is 11.7 Å². The van der Waals surface area contributed by atoms with Crippen LogP contribution in [0.2, 0.25) is 0 Å². The standard InChI is InChI=1S/C12H14INO4/c1-7(2)18-6-11(15)14-10-4-8(12(16)17)3-9(13)5-10/h3-5,7H,6H2,1-2H3,(H,14,15)(H,16,17). The molecule has 0 saturated heterocycles. The van der Waals surface area contributed by atoms with Crippen molar-refractivity contribution in [2.24, 2.45) is 0 Å². The fourth-order valence-electron chi connectivity index (χ4n) is 1.22. The van der Waals surface area contributed by atoms with E-state index in [1.165, 1.54) is 12.1 Å². The van der Waals surface area contributed by atoms with Crippen LogP contribution in [0.25, 0.3) is 0 Å². The summed E-state index contributed by atoms with van der Waals surface area (Å²) in [6.07, 6.45) is -0.0266. The van der Waals surface area contributed by atoms with Crippen LogP contribution < -0.4 is 5.32 Å². The van der Waals surface area contributed by atoms with Gasteiger partial charge < -0.3 is 15.2 Å². The predicted molar refractivity (Wildman–Crippen MR) is 75.8 cm³/mol. The van der Waals surface area contributed by atoms with Gasteiger partial charge in [-0.3, -0.25) is 4.79 Å². The Bertz CT molecular complexity index is 459. The summed E-state index contributed by atoms with van der Waals surface area (Å²) < 4.78 is 5.90. The molecule has 1 rings (SSSR count). The topological polar surface area (TPSA) is 75.6 Å². The summed E-state index contributed by atoms with van der Waals surface area (Å²) in [5.41, 5.74) is 0.596. The molecule has 0 atom stereocenters. The number of hydrogen-bond donors (Lipinski definition) is 2. The van der Waals surface area contributed by atoms with Crippen LogP contribution in [0, 0.1) is 3.57 Å². The van der Waals surface area contributed by atoms with E-state index in [0.29, 0.717) is 5.69 Å². The normalized spacial score (nSPS) is 10.4. The van der Waals surface area contributed by atoms with E-state index in [4.69, 9.17) is 9.84 Å². The highest BCUT2D eigenvalue weighted by Gasteiger charge is 2.09. The number of ether oxygens (including phenoxy) is 1. The van der Waals surface area contributed by atoms with Gasteiger partial charge in [-0.15, -0.1) is 0 Å². The highest BCUT2D eigenvalue weighted by molar-refractivity contribution is 14.1. The number of hydrogen-bond acceptors (Lipinski definition) is 3. The fourth-order valence-corrected chi connectivity index (χ4v) is 1.90. The summed E-state index contributed by atoms with van der Waals surface area (Å²) in [7, 11) is 0. The van der Waals surface area contributed by atoms with Crippen LogP contribution in [-0.2, 0) is 9.53 Å². The second-order valence-corrected chi connectivity index (χ2v) is 5.19. The molecule has 0 heterocycles. The lowest BCUT2D eigenvalue weighted by molar-refractivity contribution is -0.121. The van der Waals surface area contributed by atoms with E-state index in [9.17, 15) is 9.59 Å². The zero-order chi connectivity index (χ0) is 13.7. The van der Waals surface area contributed by atoms with Crippen molar-refractivity contribution in [3.05, 3.63) is 27.3 Å². The Balaban J connectivity index is 2.72. The second kappa shape index (κ2) is 6.69. The van der Waals surface area contributed by atoms with Gasteiger partial charge in [-0.05, 0) is 54.6 Å². The average molecular weight is 363 g/mol. The van der Waals surface area contributed by atoms with Crippen molar-refractivity contribution < 1.29 is 19.4 Å². The Hall–Kier alpha value is -1.15. The monoisotopic (exact) mass is 363 g/mol. The van der Waals surface area contributed by atoms with Crippen LogP contribution in [0.5, 0.6) is 0 Å². The molecule has 1 amide bonds. The molecule has 0 spiro atoms. The Labute approximate surface area is 119 Å². The molecule has 0 fully saturated rings. The summed E-state index contributed by atoms with van der Waals surface area (Å²) in [5, 5.41) is 11.5. The van der Waals surface area contributed by atoms with Crippen molar-refractivity contribution in [2.75, 3.05) is 11.9 Å². The van der Waals surface area contributed by atoms with E-state index in [1.54, 1.807) is 6.07 Å². The van der Waals surface area contributed by atoms with E-state index in [-0.39, 0.29) is 24.2 Å². The van der Waals surface area contributed by atoms with Crippen LogP contribution >= 0.6 is 22.6 Å². The molecule has 0 aromatic heterocycles. The predicted octanol–water partition coefficient (Wildman–Crippen LogP) is 2.35. The highest BCUT2D eigenvalue weighted by Crippen LogP contribution is 2.16. The molecule has 18 heavy (non-hydrogen) atoms. The van der Waals surface area contributed by atoms with Crippen molar-refractivity contribution >= 4 is 40.2 Å². The zero-order valence-electron chi connectivity index (χ0n) is 10.1. The van der Waals surface area contributed by atoms with Crippen LogP contribution in [0.1, 0.15) is 24.2 Å². The number of benzene rings is 1. The van der Waals surface area contributed by atoms with Gasteiger partial charge in [-0.1, -0.05) is 0 Å². The third kappa shape index (κ3) is 5.01. The number of nitrogens with one attached hydrogen (secondary N) is 1. The molecule has 98 valence electrons. The van der Waals surface area contributed by atoms with Gasteiger partial charge >= 0.3 is 5.97 Å². The number of rotatable bonds is 5. The van der Waals surface area contributed by atoms with Crippen molar-refractivity contribution in [3.63, 3.8) is 0 Å². The van der Waals surface area contributed by atoms with E-state index in [2.05, 4.69) is 5.32 Å². The van der Waals surface area contributed by atoms with Gasteiger partial charge in [0.25, 0.3) is 0 Å². The number of carboxylic acid groups (broad SMARTS) is 1. The summed E-state index contributed by atoms with van der Waals surface area (Å²) in [5.74, 6) is -1.33. The third-order valence-electron chi connectivity index (χ3n) is 1.98. The number of aromatic carboxylic acids is 1. The molecular weight excluding hydrogens is 349 g/mol. The third-order valence-corrected chi connectivity index (χ3v) is 2.60. The smallest absolute Gasteiger partial charge is 0.335 e. The van der Waals surface area contributed by atoms with Gasteiger partial charge in [0.1, 0.15) is 6.61 Å². The number of carbonyl (C=O) groups excluding carboxylic acids is 1. The van der Waals surface area contributed by atoms with Crippen LogP contribution in [-0.4, -0.2) is 29.7 Å². The van der Waals surface area contributed by atoms with E-state index in [0.717, 1.165) is 3.57 Å². The molecule has 0 unspecified atom stereocenters. The first kappa shape index (κ1) is 14.9. The Morgan fingerprint density at radius 2 is 2.06 bits per heavy atom. The maximum absolute atomic E-state index is 11.5. The number of amides is 1. The molecule has 0 aliphatic rings. The first-order valence-electron chi connectivity index (χ1n) is 5.34. The Morgan fingerprint density at radius 1 is 1.39 bits per heavy atom. The van der Waals surface area contributed by atoms with Crippen LogP contribution in [0.15, 0.2) is 18.2 Å². The molecule has 0 aliphatic carbocycles. The van der Waals surface area contributed by atoms with Crippen LogP contribution in [0.4, 0.5) is 5.69 Å². The summed E-state index contributed by atoms with van der Waals surface area (Å²) in [6.45, 7) is 3.62. The molecule has 1 aromatic carbocycles.